The molecule has 0 amide bonds. The summed E-state index contributed by atoms with van der Waals surface area (Å²) in [5, 5.41) is 7.78. The highest BCUT2D eigenvalue weighted by molar-refractivity contribution is 5.29. The van der Waals surface area contributed by atoms with E-state index in [1.54, 1.807) is 5.57 Å². The van der Waals surface area contributed by atoms with Crippen molar-refractivity contribution >= 4 is 0 Å². The SMILES string of the molecule is CC1=C2CC3C(CCC4NCCCC43C)C2CCC2(C1)OC1CC(C)CNC1C2C. The molecule has 3 aliphatic heterocycles. The Morgan fingerprint density at radius 1 is 1.07 bits per heavy atom. The molecule has 0 radical (unpaired) electrons. The molecule has 1 spiro atoms. The summed E-state index contributed by atoms with van der Waals surface area (Å²) >= 11 is 0. The van der Waals surface area contributed by atoms with E-state index in [1.807, 2.05) is 5.57 Å². The zero-order valence-electron chi connectivity index (χ0n) is 19.8. The molecular formula is C27H44N2O. The molecule has 10 unspecified atom stereocenters. The highest BCUT2D eigenvalue weighted by Gasteiger charge is 2.58. The van der Waals surface area contributed by atoms with Crippen molar-refractivity contribution < 1.29 is 4.74 Å². The molecule has 0 aromatic carbocycles. The van der Waals surface area contributed by atoms with Crippen LogP contribution in [-0.2, 0) is 4.74 Å². The third-order valence-corrected chi connectivity index (χ3v) is 11.1. The molecule has 0 aromatic heterocycles. The van der Waals surface area contributed by atoms with Gasteiger partial charge in [-0.25, -0.2) is 0 Å². The minimum Gasteiger partial charge on any atom is -0.369 e. The topological polar surface area (TPSA) is 33.3 Å². The number of allylic oxidation sites excluding steroid dienone is 1. The number of nitrogens with one attached hydrogen (secondary N) is 2. The van der Waals surface area contributed by atoms with E-state index >= 15 is 0 Å². The Hall–Kier alpha value is -0.380. The highest BCUT2D eigenvalue weighted by Crippen LogP contribution is 2.62. The van der Waals surface area contributed by atoms with Gasteiger partial charge in [0, 0.05) is 18.0 Å². The number of ether oxygens (including phenoxy) is 1. The molecule has 3 saturated heterocycles. The summed E-state index contributed by atoms with van der Waals surface area (Å²) < 4.78 is 7.03. The summed E-state index contributed by atoms with van der Waals surface area (Å²) in [5.74, 6) is 4.08. The maximum Gasteiger partial charge on any atom is 0.0765 e. The van der Waals surface area contributed by atoms with Gasteiger partial charge < -0.3 is 15.4 Å². The second-order valence-corrected chi connectivity index (χ2v) is 12.6. The number of hydrogen-bond acceptors (Lipinski definition) is 3. The largest absolute Gasteiger partial charge is 0.369 e. The number of piperidine rings is 2. The van der Waals surface area contributed by atoms with Crippen molar-refractivity contribution in [3.8, 4) is 0 Å². The van der Waals surface area contributed by atoms with Crippen LogP contribution in [0.15, 0.2) is 11.1 Å². The molecular weight excluding hydrogens is 368 g/mol. The van der Waals surface area contributed by atoms with Crippen LogP contribution in [0.3, 0.4) is 0 Å². The maximum atomic E-state index is 7.03. The zero-order chi connectivity index (χ0) is 20.7. The van der Waals surface area contributed by atoms with E-state index < -0.39 is 0 Å². The third-order valence-electron chi connectivity index (χ3n) is 11.1. The van der Waals surface area contributed by atoms with Gasteiger partial charge in [0.1, 0.15) is 0 Å². The van der Waals surface area contributed by atoms with Crippen molar-refractivity contribution in [2.24, 2.45) is 35.0 Å². The Morgan fingerprint density at radius 3 is 2.80 bits per heavy atom. The molecule has 6 aliphatic rings. The first kappa shape index (κ1) is 20.2. The van der Waals surface area contributed by atoms with E-state index in [2.05, 4.69) is 38.3 Å². The Kier molecular flexibility index (Phi) is 4.76. The molecule has 0 aromatic rings. The van der Waals surface area contributed by atoms with E-state index in [1.165, 1.54) is 70.9 Å². The van der Waals surface area contributed by atoms with Crippen LogP contribution in [0, 0.1) is 35.0 Å². The lowest BCUT2D eigenvalue weighted by atomic mass is 9.57. The van der Waals surface area contributed by atoms with Crippen molar-refractivity contribution in [3.05, 3.63) is 11.1 Å². The van der Waals surface area contributed by atoms with Crippen molar-refractivity contribution in [1.29, 1.82) is 0 Å². The quantitative estimate of drug-likeness (QED) is 0.546. The van der Waals surface area contributed by atoms with E-state index in [9.17, 15) is 0 Å². The lowest BCUT2D eigenvalue weighted by Crippen LogP contribution is -2.55. The van der Waals surface area contributed by atoms with Crippen LogP contribution >= 0.6 is 0 Å². The molecule has 0 bridgehead atoms. The molecule has 3 nitrogen and oxygen atoms in total. The first-order valence-electron chi connectivity index (χ1n) is 13.2. The molecule has 30 heavy (non-hydrogen) atoms. The van der Waals surface area contributed by atoms with Crippen LogP contribution in [-0.4, -0.2) is 36.9 Å². The van der Waals surface area contributed by atoms with Crippen molar-refractivity contribution in [3.63, 3.8) is 0 Å². The monoisotopic (exact) mass is 412 g/mol. The van der Waals surface area contributed by atoms with Gasteiger partial charge in [0.15, 0.2) is 0 Å². The number of fused-ring (bicyclic) bond motifs is 6. The molecule has 3 aliphatic carbocycles. The minimum atomic E-state index is 0.0941. The average Bonchev–Trinajstić information content (AvgIpc) is 3.18. The van der Waals surface area contributed by atoms with Crippen LogP contribution in [0.5, 0.6) is 0 Å². The van der Waals surface area contributed by atoms with Crippen LogP contribution in [0.4, 0.5) is 0 Å². The summed E-state index contributed by atoms with van der Waals surface area (Å²) in [6.45, 7) is 12.4. The molecule has 5 fully saturated rings. The first-order chi connectivity index (χ1) is 14.4. The van der Waals surface area contributed by atoms with Crippen LogP contribution in [0.25, 0.3) is 0 Å². The highest BCUT2D eigenvalue weighted by atomic mass is 16.5. The predicted octanol–water partition coefficient (Wildman–Crippen LogP) is 5.06. The molecule has 2 N–H and O–H groups in total. The molecule has 10 atom stereocenters. The van der Waals surface area contributed by atoms with Crippen molar-refractivity contribution in [2.75, 3.05) is 13.1 Å². The van der Waals surface area contributed by atoms with Gasteiger partial charge in [-0.1, -0.05) is 31.9 Å². The number of hydrogen-bond donors (Lipinski definition) is 2. The fourth-order valence-corrected chi connectivity index (χ4v) is 9.46. The Bertz CT molecular complexity index is 732. The standard InChI is InChI=1S/C27H44N2O/c1-16-12-23-25(29-15-16)18(3)27(30-23)10-8-19-20-6-7-24-26(4,9-5-11-28-24)22(20)13-21(19)17(2)14-27/h16,18-20,22-25,28-29H,5-15H2,1-4H3. The molecule has 2 saturated carbocycles. The third kappa shape index (κ3) is 2.80. The van der Waals surface area contributed by atoms with E-state index in [-0.39, 0.29) is 5.60 Å². The maximum absolute atomic E-state index is 7.03. The Labute approximate surface area is 184 Å². The molecule has 6 rings (SSSR count). The lowest BCUT2D eigenvalue weighted by Gasteiger charge is -2.53. The second-order valence-electron chi connectivity index (χ2n) is 12.6. The average molecular weight is 413 g/mol. The smallest absolute Gasteiger partial charge is 0.0765 e. The molecule has 168 valence electrons. The summed E-state index contributed by atoms with van der Waals surface area (Å²) in [5.41, 5.74) is 4.22. The van der Waals surface area contributed by atoms with Crippen LogP contribution in [0.2, 0.25) is 0 Å². The lowest BCUT2D eigenvalue weighted by molar-refractivity contribution is -0.0731. The van der Waals surface area contributed by atoms with Gasteiger partial charge in [-0.3, -0.25) is 0 Å². The van der Waals surface area contributed by atoms with E-state index in [0.717, 1.165) is 29.7 Å². The van der Waals surface area contributed by atoms with Crippen LogP contribution < -0.4 is 10.6 Å². The van der Waals surface area contributed by atoms with Crippen LogP contribution in [0.1, 0.15) is 85.5 Å². The summed E-state index contributed by atoms with van der Waals surface area (Å²) in [7, 11) is 0. The second kappa shape index (κ2) is 7.06. The Morgan fingerprint density at radius 2 is 1.93 bits per heavy atom. The normalized spacial score (nSPS) is 55.6. The predicted molar refractivity (Wildman–Crippen MR) is 122 cm³/mol. The molecule has 3 heteroatoms. The first-order valence-corrected chi connectivity index (χ1v) is 13.2. The van der Waals surface area contributed by atoms with Gasteiger partial charge in [0.05, 0.1) is 11.7 Å². The minimum absolute atomic E-state index is 0.0941. The van der Waals surface area contributed by atoms with E-state index in [4.69, 9.17) is 4.74 Å². The summed E-state index contributed by atoms with van der Waals surface area (Å²) in [4.78, 5) is 0. The number of rotatable bonds is 0. The van der Waals surface area contributed by atoms with Gasteiger partial charge in [-0.2, -0.15) is 0 Å². The van der Waals surface area contributed by atoms with Gasteiger partial charge in [-0.05, 0) is 107 Å². The van der Waals surface area contributed by atoms with Gasteiger partial charge in [0.25, 0.3) is 0 Å². The fourth-order valence-electron chi connectivity index (χ4n) is 9.46. The summed E-state index contributed by atoms with van der Waals surface area (Å²) in [6.07, 6.45) is 12.6. The van der Waals surface area contributed by atoms with Crippen molar-refractivity contribution in [1.82, 2.24) is 10.6 Å². The summed E-state index contributed by atoms with van der Waals surface area (Å²) in [6, 6.07) is 1.35. The van der Waals surface area contributed by atoms with Gasteiger partial charge in [-0.15, -0.1) is 0 Å². The fraction of sp³-hybridized carbons (Fsp3) is 0.926. The van der Waals surface area contributed by atoms with Crippen molar-refractivity contribution in [2.45, 2.75) is 109 Å². The van der Waals surface area contributed by atoms with Gasteiger partial charge >= 0.3 is 0 Å². The van der Waals surface area contributed by atoms with Gasteiger partial charge in [0.2, 0.25) is 0 Å². The Balaban J connectivity index is 1.28. The zero-order valence-corrected chi connectivity index (χ0v) is 19.8. The molecule has 3 heterocycles. The van der Waals surface area contributed by atoms with E-state index in [0.29, 0.717) is 23.5 Å².